The molecule has 4 heteroatoms. The minimum Gasteiger partial charge on any atom is -0.469 e. The summed E-state index contributed by atoms with van der Waals surface area (Å²) in [5.41, 5.74) is 0. The van der Waals surface area contributed by atoms with Gasteiger partial charge >= 0.3 is 5.97 Å². The summed E-state index contributed by atoms with van der Waals surface area (Å²) >= 11 is 0. The summed E-state index contributed by atoms with van der Waals surface area (Å²) in [7, 11) is 0.795. The Labute approximate surface area is 83.5 Å². The van der Waals surface area contributed by atoms with Crippen molar-refractivity contribution in [1.29, 1.82) is 0 Å². The summed E-state index contributed by atoms with van der Waals surface area (Å²) in [6.07, 6.45) is 1.64. The lowest BCUT2D eigenvalue weighted by atomic mass is 10.5. The fourth-order valence-corrected chi connectivity index (χ4v) is 8.81. The molecule has 78 valence electrons. The van der Waals surface area contributed by atoms with Crippen LogP contribution in [0.1, 0.15) is 6.42 Å². The number of methoxy groups -OCH3 is 1. The van der Waals surface area contributed by atoms with Crippen LogP contribution in [0.5, 0.6) is 0 Å². The third-order valence-corrected chi connectivity index (χ3v) is 8.57. The van der Waals surface area contributed by atoms with Crippen molar-refractivity contribution in [3.05, 3.63) is 0 Å². The Balaban J connectivity index is 3.81. The van der Waals surface area contributed by atoms with E-state index in [0.717, 1.165) is 6.16 Å². The van der Waals surface area contributed by atoms with Gasteiger partial charge in [0, 0.05) is 20.6 Å². The molecule has 0 spiro atoms. The second-order valence-corrected chi connectivity index (χ2v) is 11.8. The van der Waals surface area contributed by atoms with E-state index in [0.29, 0.717) is 6.42 Å². The van der Waals surface area contributed by atoms with Gasteiger partial charge in [-0.2, -0.15) is 0 Å². The normalized spacial score (nSPS) is 11.8. The maximum Gasteiger partial charge on any atom is 0.309 e. The third-order valence-electron chi connectivity index (χ3n) is 1.81. The topological polar surface area (TPSA) is 26.3 Å². The van der Waals surface area contributed by atoms with Gasteiger partial charge in [-0.25, -0.2) is 0 Å². The highest BCUT2D eigenvalue weighted by molar-refractivity contribution is 7.84. The van der Waals surface area contributed by atoms with Crippen molar-refractivity contribution in [2.45, 2.75) is 6.42 Å². The summed E-state index contributed by atoms with van der Waals surface area (Å²) in [6, 6.07) is 0. The predicted octanol–water partition coefficient (Wildman–Crippen LogP) is 2.53. The molecule has 0 amide bonds. The average Bonchev–Trinajstić information content (AvgIpc) is 1.98. The quantitative estimate of drug-likeness (QED) is 0.528. The SMILES string of the molecule is COC(=O)CC[P+](C)(C)CP(C)C. The monoisotopic (exact) mass is 223 g/mol. The van der Waals surface area contributed by atoms with Crippen LogP contribution in [0.2, 0.25) is 0 Å². The van der Waals surface area contributed by atoms with Crippen LogP contribution in [0, 0.1) is 0 Å². The number of esters is 1. The zero-order valence-electron chi connectivity index (χ0n) is 9.33. The molecule has 0 aliphatic rings. The Morgan fingerprint density at radius 2 is 1.92 bits per heavy atom. The van der Waals surface area contributed by atoms with E-state index in [4.69, 9.17) is 0 Å². The van der Waals surface area contributed by atoms with Crippen LogP contribution in [0.25, 0.3) is 0 Å². The Morgan fingerprint density at radius 3 is 2.31 bits per heavy atom. The maximum atomic E-state index is 10.9. The second-order valence-electron chi connectivity index (χ2n) is 4.21. The smallest absolute Gasteiger partial charge is 0.309 e. The van der Waals surface area contributed by atoms with Crippen molar-refractivity contribution in [3.8, 4) is 0 Å². The average molecular weight is 223 g/mol. The van der Waals surface area contributed by atoms with Gasteiger partial charge in [0.25, 0.3) is 0 Å². The number of carbonyl (C=O) groups is 1. The first-order chi connectivity index (χ1) is 5.87. The molecule has 0 aromatic heterocycles. The Hall–Kier alpha value is 0.330. The molecule has 0 aromatic carbocycles. The molecule has 0 bridgehead atoms. The van der Waals surface area contributed by atoms with Gasteiger partial charge < -0.3 is 4.74 Å². The first-order valence-corrected chi connectivity index (χ1v) is 9.88. The largest absolute Gasteiger partial charge is 0.469 e. The van der Waals surface area contributed by atoms with Crippen molar-refractivity contribution in [2.24, 2.45) is 0 Å². The lowest BCUT2D eigenvalue weighted by Crippen LogP contribution is -2.07. The summed E-state index contributed by atoms with van der Waals surface area (Å²) in [6.45, 7) is 9.26. The minimum absolute atomic E-state index is 0.0652. The molecular weight excluding hydrogens is 202 g/mol. The number of rotatable bonds is 5. The van der Waals surface area contributed by atoms with Gasteiger partial charge in [-0.1, -0.05) is 7.92 Å². The van der Waals surface area contributed by atoms with Gasteiger partial charge in [-0.3, -0.25) is 4.79 Å². The minimum atomic E-state index is -0.838. The third kappa shape index (κ3) is 7.40. The number of hydrogen-bond donors (Lipinski definition) is 0. The van der Waals surface area contributed by atoms with Crippen LogP contribution < -0.4 is 0 Å². The Kier molecular flexibility index (Phi) is 6.09. The lowest BCUT2D eigenvalue weighted by molar-refractivity contribution is -0.140. The van der Waals surface area contributed by atoms with Crippen molar-refractivity contribution < 1.29 is 9.53 Å². The van der Waals surface area contributed by atoms with Crippen LogP contribution in [-0.2, 0) is 9.53 Å². The maximum absolute atomic E-state index is 10.9. The highest BCUT2D eigenvalue weighted by Gasteiger charge is 2.27. The molecule has 0 N–H and O–H groups in total. The highest BCUT2D eigenvalue weighted by Crippen LogP contribution is 2.58. The second kappa shape index (κ2) is 5.94. The van der Waals surface area contributed by atoms with E-state index in [2.05, 4.69) is 31.4 Å². The van der Waals surface area contributed by atoms with Crippen molar-refractivity contribution in [2.75, 3.05) is 45.8 Å². The van der Waals surface area contributed by atoms with E-state index in [-0.39, 0.29) is 13.9 Å². The molecule has 0 saturated carbocycles. The predicted molar refractivity (Wildman–Crippen MR) is 63.9 cm³/mol. The van der Waals surface area contributed by atoms with Crippen LogP contribution >= 0.6 is 15.2 Å². The van der Waals surface area contributed by atoms with E-state index >= 15 is 0 Å². The van der Waals surface area contributed by atoms with Gasteiger partial charge in [-0.05, 0) is 13.3 Å². The molecule has 2 nitrogen and oxygen atoms in total. The molecule has 0 unspecified atom stereocenters. The van der Waals surface area contributed by atoms with Crippen LogP contribution in [0.3, 0.4) is 0 Å². The first kappa shape index (κ1) is 13.3. The molecule has 0 aliphatic heterocycles. The molecular formula is C9H21O2P2+. The first-order valence-electron chi connectivity index (χ1n) is 4.41. The van der Waals surface area contributed by atoms with Crippen molar-refractivity contribution in [1.82, 2.24) is 0 Å². The molecule has 0 aromatic rings. The summed E-state index contributed by atoms with van der Waals surface area (Å²) in [5.74, 6) is 1.27. The van der Waals surface area contributed by atoms with Gasteiger partial charge in [0.05, 0.1) is 25.6 Å². The van der Waals surface area contributed by atoms with Gasteiger partial charge in [0.2, 0.25) is 0 Å². The standard InChI is InChI=1S/C9H21O2P2/c1-11-9(10)6-7-13(4,5)8-12(2)3/h6-8H2,1-5H3/q+1. The summed E-state index contributed by atoms with van der Waals surface area (Å²) in [4.78, 5) is 10.9. The molecule has 0 saturated heterocycles. The number of carbonyl (C=O) groups excluding carboxylic acids is 1. The van der Waals surface area contributed by atoms with Crippen LogP contribution in [0.15, 0.2) is 0 Å². The number of ether oxygens (including phenoxy) is 1. The Bertz CT molecular complexity index is 167. The molecule has 0 rings (SSSR count). The molecule has 0 aliphatic carbocycles. The molecule has 0 radical (unpaired) electrons. The Morgan fingerprint density at radius 1 is 1.38 bits per heavy atom. The fourth-order valence-electron chi connectivity index (χ4n) is 1.33. The van der Waals surface area contributed by atoms with Gasteiger partial charge in [0.1, 0.15) is 0 Å². The van der Waals surface area contributed by atoms with E-state index in [1.807, 2.05) is 0 Å². The van der Waals surface area contributed by atoms with Crippen LogP contribution in [-0.4, -0.2) is 51.8 Å². The fraction of sp³-hybridized carbons (Fsp3) is 0.889. The van der Waals surface area contributed by atoms with E-state index in [1.54, 1.807) is 0 Å². The van der Waals surface area contributed by atoms with Crippen LogP contribution in [0.4, 0.5) is 0 Å². The number of hydrogen-bond acceptors (Lipinski definition) is 2. The van der Waals surface area contributed by atoms with Gasteiger partial charge in [0.15, 0.2) is 0 Å². The summed E-state index contributed by atoms with van der Waals surface area (Å²) < 4.78 is 4.63. The highest BCUT2D eigenvalue weighted by atomic mass is 31.2. The van der Waals surface area contributed by atoms with E-state index in [9.17, 15) is 4.79 Å². The van der Waals surface area contributed by atoms with E-state index in [1.165, 1.54) is 13.0 Å². The molecule has 13 heavy (non-hydrogen) atoms. The molecule has 0 fully saturated rings. The van der Waals surface area contributed by atoms with Crippen molar-refractivity contribution >= 4 is 21.2 Å². The molecule has 0 heterocycles. The lowest BCUT2D eigenvalue weighted by Gasteiger charge is -2.19. The zero-order valence-corrected chi connectivity index (χ0v) is 11.1. The molecule has 0 atom stereocenters. The van der Waals surface area contributed by atoms with Crippen molar-refractivity contribution in [3.63, 3.8) is 0 Å². The van der Waals surface area contributed by atoms with E-state index < -0.39 is 7.26 Å². The summed E-state index contributed by atoms with van der Waals surface area (Å²) in [5, 5.41) is 0. The van der Waals surface area contributed by atoms with Gasteiger partial charge in [-0.15, -0.1) is 0 Å². The zero-order chi connectivity index (χ0) is 10.5.